The van der Waals surface area contributed by atoms with Crippen molar-refractivity contribution in [2.24, 2.45) is 17.2 Å². The number of hydrogen-bond acceptors (Lipinski definition) is 7. The van der Waals surface area contributed by atoms with Crippen LogP contribution in [0.3, 0.4) is 0 Å². The fraction of sp³-hybridized carbons (Fsp3) is 0.600. The van der Waals surface area contributed by atoms with E-state index in [1.54, 1.807) is 0 Å². The number of nitrogens with two attached hydrogens (primary N) is 3. The molecule has 0 saturated heterocycles. The predicted octanol–water partition coefficient (Wildman–Crippen LogP) is -3.50. The summed E-state index contributed by atoms with van der Waals surface area (Å²) in [4.78, 5) is 45.4. The van der Waals surface area contributed by atoms with Crippen LogP contribution in [0.4, 0.5) is 0 Å². The number of nitrogens with one attached hydrogen (secondary N) is 2. The molecule has 0 radical (unpaired) electrons. The molecule has 0 unspecified atom stereocenters. The zero-order valence-corrected chi connectivity index (χ0v) is 12.9. The summed E-state index contributed by atoms with van der Waals surface area (Å²) < 4.78 is 0. The zero-order chi connectivity index (χ0) is 16.6. The summed E-state index contributed by atoms with van der Waals surface area (Å²) >= 11 is 7.79. The molecule has 120 valence electrons. The third-order valence-electron chi connectivity index (χ3n) is 2.41. The Morgan fingerprint density at radius 2 is 1.43 bits per heavy atom. The summed E-state index contributed by atoms with van der Waals surface area (Å²) in [6.07, 6.45) is -0.440. The number of carbonyl (C=O) groups excluding carboxylic acids is 4. The minimum atomic E-state index is -1.26. The van der Waals surface area contributed by atoms with Gasteiger partial charge in [-0.1, -0.05) is 0 Å². The monoisotopic (exact) mass is 337 g/mol. The van der Waals surface area contributed by atoms with Gasteiger partial charge in [0, 0.05) is 11.5 Å². The highest BCUT2D eigenvalue weighted by Gasteiger charge is 2.26. The van der Waals surface area contributed by atoms with Gasteiger partial charge in [-0.25, -0.2) is 0 Å². The zero-order valence-electron chi connectivity index (χ0n) is 11.1. The Hall–Kier alpha value is -1.46. The maximum Gasteiger partial charge on any atom is 0.244 e. The quantitative estimate of drug-likeness (QED) is 0.216. The standard InChI is InChI=1S/C10H19N5O4S2/c11-4(2-20)9(18)15-6(3-21)10(19)14-5(8(13)17)1-7(12)16/h4-6,20-21H,1-3,11H2,(H2,12,16)(H2,13,17)(H,14,19)(H,15,18)/t4-,5-,6-/m0/s1. The lowest BCUT2D eigenvalue weighted by atomic mass is 10.1. The van der Waals surface area contributed by atoms with Gasteiger partial charge in [-0.15, -0.1) is 0 Å². The van der Waals surface area contributed by atoms with Gasteiger partial charge in [0.25, 0.3) is 0 Å². The number of rotatable bonds is 9. The van der Waals surface area contributed by atoms with Crippen LogP contribution in [-0.2, 0) is 19.2 Å². The highest BCUT2D eigenvalue weighted by Crippen LogP contribution is 1.96. The lowest BCUT2D eigenvalue weighted by Gasteiger charge is -2.21. The van der Waals surface area contributed by atoms with E-state index < -0.39 is 48.2 Å². The van der Waals surface area contributed by atoms with Gasteiger partial charge in [0.1, 0.15) is 12.1 Å². The van der Waals surface area contributed by atoms with Crippen LogP contribution in [0.25, 0.3) is 0 Å². The smallest absolute Gasteiger partial charge is 0.244 e. The summed E-state index contributed by atoms with van der Waals surface area (Å²) in [5.41, 5.74) is 15.4. The van der Waals surface area contributed by atoms with E-state index in [4.69, 9.17) is 17.2 Å². The molecule has 0 aromatic rings. The van der Waals surface area contributed by atoms with Crippen molar-refractivity contribution >= 4 is 48.9 Å². The van der Waals surface area contributed by atoms with Gasteiger partial charge in [0.15, 0.2) is 0 Å². The highest BCUT2D eigenvalue weighted by molar-refractivity contribution is 7.80. The van der Waals surface area contributed by atoms with E-state index in [-0.39, 0.29) is 11.5 Å². The lowest BCUT2D eigenvalue weighted by molar-refractivity contribution is -0.132. The molecule has 0 aromatic carbocycles. The first-order chi connectivity index (χ1) is 9.72. The first-order valence-corrected chi connectivity index (χ1v) is 7.15. The molecule has 0 spiro atoms. The Morgan fingerprint density at radius 1 is 0.905 bits per heavy atom. The molecule has 0 bridgehead atoms. The molecule has 9 nitrogen and oxygen atoms in total. The maximum atomic E-state index is 11.9. The first-order valence-electron chi connectivity index (χ1n) is 5.88. The van der Waals surface area contributed by atoms with Crippen molar-refractivity contribution in [1.82, 2.24) is 10.6 Å². The molecular formula is C10H19N5O4S2. The molecule has 0 aliphatic rings. The molecular weight excluding hydrogens is 318 g/mol. The predicted molar refractivity (Wildman–Crippen MR) is 82.5 cm³/mol. The second-order valence-electron chi connectivity index (χ2n) is 4.17. The Labute approximate surface area is 132 Å². The molecule has 0 aromatic heterocycles. The third-order valence-corrected chi connectivity index (χ3v) is 3.17. The molecule has 3 atom stereocenters. The van der Waals surface area contributed by atoms with Crippen LogP contribution in [0.2, 0.25) is 0 Å². The van der Waals surface area contributed by atoms with Gasteiger partial charge in [0.05, 0.1) is 12.5 Å². The summed E-state index contributed by atoms with van der Waals surface area (Å²) in [7, 11) is 0. The van der Waals surface area contributed by atoms with Gasteiger partial charge in [-0.3, -0.25) is 19.2 Å². The maximum absolute atomic E-state index is 11.9. The van der Waals surface area contributed by atoms with E-state index >= 15 is 0 Å². The van der Waals surface area contributed by atoms with Crippen LogP contribution in [0, 0.1) is 0 Å². The molecule has 4 amide bonds. The molecule has 8 N–H and O–H groups in total. The van der Waals surface area contributed by atoms with Gasteiger partial charge in [0.2, 0.25) is 23.6 Å². The number of primary amides is 2. The van der Waals surface area contributed by atoms with Crippen LogP contribution < -0.4 is 27.8 Å². The van der Waals surface area contributed by atoms with Gasteiger partial charge >= 0.3 is 0 Å². The van der Waals surface area contributed by atoms with Crippen molar-refractivity contribution < 1.29 is 19.2 Å². The SMILES string of the molecule is NC(=O)C[C@H](NC(=O)[C@H](CS)NC(=O)[C@@H](N)CS)C(N)=O. The molecule has 0 aliphatic carbocycles. The van der Waals surface area contributed by atoms with Crippen LogP contribution in [-0.4, -0.2) is 53.3 Å². The molecule has 0 heterocycles. The summed E-state index contributed by atoms with van der Waals surface area (Å²) in [5.74, 6) is -2.99. The van der Waals surface area contributed by atoms with E-state index in [0.29, 0.717) is 0 Å². The number of amides is 4. The van der Waals surface area contributed by atoms with Crippen molar-refractivity contribution in [3.63, 3.8) is 0 Å². The fourth-order valence-electron chi connectivity index (χ4n) is 1.25. The van der Waals surface area contributed by atoms with Gasteiger partial charge in [-0.2, -0.15) is 25.3 Å². The average Bonchev–Trinajstić information content (AvgIpc) is 2.41. The van der Waals surface area contributed by atoms with Crippen LogP contribution >= 0.6 is 25.3 Å². The van der Waals surface area contributed by atoms with Crippen molar-refractivity contribution in [2.75, 3.05) is 11.5 Å². The Balaban J connectivity index is 4.73. The van der Waals surface area contributed by atoms with Crippen LogP contribution in [0.5, 0.6) is 0 Å². The largest absolute Gasteiger partial charge is 0.370 e. The van der Waals surface area contributed by atoms with Gasteiger partial charge < -0.3 is 27.8 Å². The Kier molecular flexibility index (Phi) is 8.81. The average molecular weight is 337 g/mol. The molecule has 11 heteroatoms. The number of thiol groups is 2. The molecule has 0 saturated carbocycles. The van der Waals surface area contributed by atoms with Crippen LogP contribution in [0.15, 0.2) is 0 Å². The number of carbonyl (C=O) groups is 4. The first kappa shape index (κ1) is 19.5. The van der Waals surface area contributed by atoms with Crippen molar-refractivity contribution in [2.45, 2.75) is 24.5 Å². The lowest BCUT2D eigenvalue weighted by Crippen LogP contribution is -2.56. The normalized spacial score (nSPS) is 14.6. The highest BCUT2D eigenvalue weighted by atomic mass is 32.1. The summed E-state index contributed by atoms with van der Waals surface area (Å²) in [6.45, 7) is 0. The summed E-state index contributed by atoms with van der Waals surface area (Å²) in [5, 5.41) is 4.57. The molecule has 21 heavy (non-hydrogen) atoms. The van der Waals surface area contributed by atoms with Crippen molar-refractivity contribution in [1.29, 1.82) is 0 Å². The van der Waals surface area contributed by atoms with Crippen LogP contribution in [0.1, 0.15) is 6.42 Å². The van der Waals surface area contributed by atoms with Gasteiger partial charge in [-0.05, 0) is 0 Å². The van der Waals surface area contributed by atoms with E-state index in [1.165, 1.54) is 0 Å². The Morgan fingerprint density at radius 3 is 1.81 bits per heavy atom. The van der Waals surface area contributed by atoms with E-state index in [0.717, 1.165) is 0 Å². The van der Waals surface area contributed by atoms with E-state index in [2.05, 4.69) is 35.9 Å². The second-order valence-corrected chi connectivity index (χ2v) is 4.90. The van der Waals surface area contributed by atoms with E-state index in [9.17, 15) is 19.2 Å². The minimum absolute atomic E-state index is 0.0427. The molecule has 0 fully saturated rings. The van der Waals surface area contributed by atoms with Crippen molar-refractivity contribution in [3.05, 3.63) is 0 Å². The summed E-state index contributed by atoms with van der Waals surface area (Å²) in [6, 6.07) is -3.18. The number of hydrogen-bond donors (Lipinski definition) is 7. The third kappa shape index (κ3) is 7.20. The van der Waals surface area contributed by atoms with Crippen molar-refractivity contribution in [3.8, 4) is 0 Å². The molecule has 0 rings (SSSR count). The van der Waals surface area contributed by atoms with E-state index in [1.807, 2.05) is 0 Å². The fourth-order valence-corrected chi connectivity index (χ4v) is 1.67. The topological polar surface area (TPSA) is 170 Å². The Bertz CT molecular complexity index is 420. The molecule has 0 aliphatic heterocycles. The second kappa shape index (κ2) is 9.47. The minimum Gasteiger partial charge on any atom is -0.370 e.